The Kier molecular flexibility index (Phi) is 8.27. The molecule has 58 heavy (non-hydrogen) atoms. The Bertz CT molecular complexity index is 3250. The molecule has 0 bridgehead atoms. The van der Waals surface area contributed by atoms with E-state index < -0.39 is 0 Å². The third kappa shape index (κ3) is 5.79. The molecule has 0 spiro atoms. The molecule has 0 aliphatic carbocycles. The maximum Gasteiger partial charge on any atom is 0.0541 e. The molecule has 2 aromatic heterocycles. The lowest BCUT2D eigenvalue weighted by Gasteiger charge is -2.29. The van der Waals surface area contributed by atoms with Gasteiger partial charge in [-0.05, 0) is 107 Å². The molecule has 0 radical (unpaired) electrons. The van der Waals surface area contributed by atoms with Crippen molar-refractivity contribution in [3.63, 3.8) is 0 Å². The number of fused-ring (bicyclic) bond motifs is 7. The molecule has 3 heterocycles. The van der Waals surface area contributed by atoms with Gasteiger partial charge in [0.2, 0.25) is 0 Å². The molecule has 11 rings (SSSR count). The molecule has 274 valence electrons. The van der Waals surface area contributed by atoms with Crippen LogP contribution in [0.15, 0.2) is 219 Å². The molecular weight excluding hydrogens is 721 g/mol. The molecule has 8 aromatic carbocycles. The van der Waals surface area contributed by atoms with Crippen molar-refractivity contribution in [2.24, 2.45) is 0 Å². The van der Waals surface area contributed by atoms with Gasteiger partial charge in [0, 0.05) is 59.3 Å². The second kappa shape index (κ2) is 14.1. The van der Waals surface area contributed by atoms with E-state index in [0.717, 1.165) is 23.5 Å². The van der Waals surface area contributed by atoms with Crippen LogP contribution in [0.4, 0.5) is 11.4 Å². The summed E-state index contributed by atoms with van der Waals surface area (Å²) in [7, 11) is 0. The molecular formula is C55H38N2S. The Morgan fingerprint density at radius 2 is 1.12 bits per heavy atom. The lowest BCUT2D eigenvalue weighted by Crippen LogP contribution is -2.16. The SMILES string of the molecule is C=C1/C=C\C=C/Cc2cc(-c3ccc4c(c3)c3ccccc3n4-c3ccccc3)ccc2N1c1cc(-c2ccc(-c3ccccc3)cc2)c2sc3ccccc3c2c1. The summed E-state index contributed by atoms with van der Waals surface area (Å²) in [6, 6.07) is 66.4. The smallest absolute Gasteiger partial charge is 0.0541 e. The average molecular weight is 759 g/mol. The molecule has 0 fully saturated rings. The van der Waals surface area contributed by atoms with Crippen molar-refractivity contribution in [1.82, 2.24) is 4.57 Å². The zero-order valence-electron chi connectivity index (χ0n) is 31.8. The lowest BCUT2D eigenvalue weighted by atomic mass is 9.96. The maximum atomic E-state index is 4.67. The summed E-state index contributed by atoms with van der Waals surface area (Å²) in [5, 5.41) is 5.04. The summed E-state index contributed by atoms with van der Waals surface area (Å²) in [5.74, 6) is 0. The predicted molar refractivity (Wildman–Crippen MR) is 250 cm³/mol. The number of nitrogens with zero attached hydrogens (tertiary/aromatic N) is 2. The fraction of sp³-hybridized carbons (Fsp3) is 0.0182. The average Bonchev–Trinajstić information content (AvgIpc) is 3.84. The number of hydrogen-bond acceptors (Lipinski definition) is 2. The van der Waals surface area contributed by atoms with Crippen LogP contribution >= 0.6 is 11.3 Å². The van der Waals surface area contributed by atoms with Crippen LogP contribution < -0.4 is 4.90 Å². The topological polar surface area (TPSA) is 8.17 Å². The number of para-hydroxylation sites is 2. The van der Waals surface area contributed by atoms with Gasteiger partial charge in [0.05, 0.1) is 11.0 Å². The third-order valence-corrected chi connectivity index (χ3v) is 12.7. The van der Waals surface area contributed by atoms with Gasteiger partial charge < -0.3 is 9.47 Å². The highest BCUT2D eigenvalue weighted by Gasteiger charge is 2.21. The van der Waals surface area contributed by atoms with Gasteiger partial charge in [0.1, 0.15) is 0 Å². The van der Waals surface area contributed by atoms with Crippen molar-refractivity contribution in [3.8, 4) is 39.1 Å². The highest BCUT2D eigenvalue weighted by atomic mass is 32.1. The van der Waals surface area contributed by atoms with Gasteiger partial charge in [-0.15, -0.1) is 11.3 Å². The highest BCUT2D eigenvalue weighted by molar-refractivity contribution is 7.26. The first-order valence-electron chi connectivity index (χ1n) is 19.8. The molecule has 0 unspecified atom stereocenters. The molecule has 0 atom stereocenters. The van der Waals surface area contributed by atoms with Gasteiger partial charge in [-0.1, -0.05) is 146 Å². The first-order chi connectivity index (χ1) is 28.7. The molecule has 10 aromatic rings. The van der Waals surface area contributed by atoms with Crippen LogP contribution in [0, 0.1) is 0 Å². The van der Waals surface area contributed by atoms with Gasteiger partial charge in [-0.2, -0.15) is 0 Å². The third-order valence-electron chi connectivity index (χ3n) is 11.5. The van der Waals surface area contributed by atoms with Crippen LogP contribution in [0.2, 0.25) is 0 Å². The summed E-state index contributed by atoms with van der Waals surface area (Å²) in [5.41, 5.74) is 15.2. The standard InChI is InChI=1S/C55H38N2S/c1-37-15-5-2-8-18-43-33-41(42-30-32-53-49(34-42)46-21-11-13-23-52(46)57(53)44-19-9-4-10-20-44)29-31-51(43)56(37)45-35-48(55-50(36-45)47-22-12-14-24-54(47)58-55)40-27-25-39(26-28-40)38-16-6-3-7-17-38/h2-17,19-36H,1,18H2/b8-2-,15-5-. The molecule has 1 aliphatic rings. The maximum absolute atomic E-state index is 4.67. The minimum absolute atomic E-state index is 0.796. The van der Waals surface area contributed by atoms with E-state index in [1.165, 1.54) is 86.6 Å². The van der Waals surface area contributed by atoms with E-state index in [1.807, 2.05) is 11.3 Å². The summed E-state index contributed by atoms with van der Waals surface area (Å²) < 4.78 is 4.96. The normalized spacial score (nSPS) is 14.1. The zero-order chi connectivity index (χ0) is 38.6. The molecule has 0 saturated heterocycles. The van der Waals surface area contributed by atoms with E-state index in [0.29, 0.717) is 0 Å². The quantitative estimate of drug-likeness (QED) is 0.170. The Labute approximate surface area is 342 Å². The van der Waals surface area contributed by atoms with Crippen LogP contribution in [0.3, 0.4) is 0 Å². The Morgan fingerprint density at radius 3 is 1.97 bits per heavy atom. The van der Waals surface area contributed by atoms with E-state index in [4.69, 9.17) is 0 Å². The largest absolute Gasteiger partial charge is 0.311 e. The number of anilines is 2. The monoisotopic (exact) mass is 758 g/mol. The van der Waals surface area contributed by atoms with Gasteiger partial charge in [0.25, 0.3) is 0 Å². The number of hydrogen-bond donors (Lipinski definition) is 0. The van der Waals surface area contributed by atoms with Crippen molar-refractivity contribution in [2.45, 2.75) is 6.42 Å². The molecule has 0 saturated carbocycles. The van der Waals surface area contributed by atoms with Crippen LogP contribution in [0.1, 0.15) is 5.56 Å². The van der Waals surface area contributed by atoms with E-state index in [9.17, 15) is 0 Å². The summed E-state index contributed by atoms with van der Waals surface area (Å²) >= 11 is 1.87. The van der Waals surface area contributed by atoms with Gasteiger partial charge in [-0.25, -0.2) is 0 Å². The van der Waals surface area contributed by atoms with Crippen LogP contribution in [0.5, 0.6) is 0 Å². The lowest BCUT2D eigenvalue weighted by molar-refractivity contribution is 1.17. The van der Waals surface area contributed by atoms with Crippen molar-refractivity contribution >= 4 is 64.7 Å². The Balaban J connectivity index is 1.06. The van der Waals surface area contributed by atoms with Crippen molar-refractivity contribution in [1.29, 1.82) is 0 Å². The number of allylic oxidation sites excluding steroid dienone is 4. The minimum Gasteiger partial charge on any atom is -0.311 e. The van der Waals surface area contributed by atoms with Crippen molar-refractivity contribution in [2.75, 3.05) is 4.90 Å². The fourth-order valence-electron chi connectivity index (χ4n) is 8.76. The molecule has 2 nitrogen and oxygen atoms in total. The number of aromatic nitrogens is 1. The van der Waals surface area contributed by atoms with Gasteiger partial charge >= 0.3 is 0 Å². The first kappa shape index (κ1) is 34.1. The Morgan fingerprint density at radius 1 is 0.466 bits per heavy atom. The molecule has 0 amide bonds. The van der Waals surface area contributed by atoms with Crippen molar-refractivity contribution in [3.05, 3.63) is 224 Å². The predicted octanol–water partition coefficient (Wildman–Crippen LogP) is 15.5. The number of rotatable bonds is 5. The first-order valence-corrected chi connectivity index (χ1v) is 20.6. The minimum atomic E-state index is 0.796. The molecule has 1 aliphatic heterocycles. The summed E-state index contributed by atoms with van der Waals surface area (Å²) in [4.78, 5) is 2.35. The fourth-order valence-corrected chi connectivity index (χ4v) is 9.98. The van der Waals surface area contributed by atoms with Gasteiger partial charge in [0.15, 0.2) is 0 Å². The zero-order valence-corrected chi connectivity index (χ0v) is 32.7. The highest BCUT2D eigenvalue weighted by Crippen LogP contribution is 2.46. The summed E-state index contributed by atoms with van der Waals surface area (Å²) in [6.07, 6.45) is 9.43. The van der Waals surface area contributed by atoms with E-state index >= 15 is 0 Å². The number of benzene rings is 8. The molecule has 3 heteroatoms. The second-order valence-electron chi connectivity index (χ2n) is 15.0. The van der Waals surface area contributed by atoms with Crippen LogP contribution in [-0.2, 0) is 6.42 Å². The van der Waals surface area contributed by atoms with Gasteiger partial charge in [-0.3, -0.25) is 0 Å². The van der Waals surface area contributed by atoms with E-state index in [1.54, 1.807) is 0 Å². The molecule has 0 N–H and O–H groups in total. The number of thiophene rings is 1. The van der Waals surface area contributed by atoms with Crippen LogP contribution in [-0.4, -0.2) is 4.57 Å². The Hall–Kier alpha value is -7.20. The van der Waals surface area contributed by atoms with E-state index in [-0.39, 0.29) is 0 Å². The summed E-state index contributed by atoms with van der Waals surface area (Å²) in [6.45, 7) is 4.67. The second-order valence-corrected chi connectivity index (χ2v) is 16.0. The van der Waals surface area contributed by atoms with Crippen LogP contribution in [0.25, 0.3) is 81.0 Å². The van der Waals surface area contributed by atoms with Crippen molar-refractivity contribution < 1.29 is 0 Å². The van der Waals surface area contributed by atoms with E-state index in [2.05, 4.69) is 222 Å².